The molecule has 1 aliphatic rings. The van der Waals surface area contributed by atoms with Crippen molar-refractivity contribution in [3.05, 3.63) is 54.1 Å². The Morgan fingerprint density at radius 2 is 2.08 bits per heavy atom. The molecule has 0 N–H and O–H groups in total. The third-order valence-electron chi connectivity index (χ3n) is 5.20. The van der Waals surface area contributed by atoms with E-state index in [0.717, 1.165) is 12.4 Å². The summed E-state index contributed by atoms with van der Waals surface area (Å²) in [4.78, 5) is 9.58. The van der Waals surface area contributed by atoms with Crippen LogP contribution in [0.15, 0.2) is 42.7 Å². The Balaban J connectivity index is 1.44. The van der Waals surface area contributed by atoms with Gasteiger partial charge in [0, 0.05) is 32.0 Å². The van der Waals surface area contributed by atoms with E-state index in [1.807, 2.05) is 12.4 Å². The summed E-state index contributed by atoms with van der Waals surface area (Å²) in [6, 6.07) is 11.5. The van der Waals surface area contributed by atoms with Crippen LogP contribution in [0.4, 0.5) is 0 Å². The molecule has 4 nitrogen and oxygen atoms in total. The van der Waals surface area contributed by atoms with Crippen molar-refractivity contribution in [2.75, 3.05) is 26.7 Å². The molecule has 0 bridgehead atoms. The maximum Gasteiger partial charge on any atom is 0.122 e. The highest BCUT2D eigenvalue weighted by Gasteiger charge is 2.23. The molecule has 0 saturated carbocycles. The fraction of sp³-hybridized carbons (Fsp3) is 0.550. The maximum atomic E-state index is 4.46. The molecule has 1 aromatic heterocycles. The topological polar surface area (TPSA) is 24.3 Å². The molecule has 0 unspecified atom stereocenters. The smallest absolute Gasteiger partial charge is 0.122 e. The molecule has 0 spiro atoms. The minimum Gasteiger partial charge on any atom is -0.337 e. The number of rotatable bonds is 7. The maximum absolute atomic E-state index is 4.46. The molecule has 0 radical (unpaired) electrons. The molecule has 1 saturated heterocycles. The highest BCUT2D eigenvalue weighted by molar-refractivity contribution is 5.14. The molecular formula is C20H30N4. The van der Waals surface area contributed by atoms with Crippen molar-refractivity contribution < 1.29 is 0 Å². The molecule has 2 aromatic rings. The standard InChI is InChI=1S/C20H30N4/c1-22-15-12-21-20(22)17-23(2)19-11-7-14-24(16-19)13-6-10-18-8-4-3-5-9-18/h3-5,8-9,12,15,19H,6-7,10-11,13-14,16-17H2,1-2H3/t19-/m0/s1. The Labute approximate surface area is 146 Å². The predicted molar refractivity (Wildman–Crippen MR) is 98.9 cm³/mol. The van der Waals surface area contributed by atoms with Crippen LogP contribution in [0.5, 0.6) is 0 Å². The van der Waals surface area contributed by atoms with Gasteiger partial charge in [0.25, 0.3) is 0 Å². The lowest BCUT2D eigenvalue weighted by atomic mass is 10.0. The number of imidazole rings is 1. The number of nitrogens with zero attached hydrogens (tertiary/aromatic N) is 4. The van der Waals surface area contributed by atoms with Crippen molar-refractivity contribution in [2.24, 2.45) is 7.05 Å². The first-order chi connectivity index (χ1) is 11.7. The van der Waals surface area contributed by atoms with E-state index in [1.165, 1.54) is 50.9 Å². The largest absolute Gasteiger partial charge is 0.337 e. The van der Waals surface area contributed by atoms with Crippen molar-refractivity contribution in [3.8, 4) is 0 Å². The summed E-state index contributed by atoms with van der Waals surface area (Å²) in [6.07, 6.45) is 8.96. The lowest BCUT2D eigenvalue weighted by molar-refractivity contribution is 0.109. The molecule has 24 heavy (non-hydrogen) atoms. The SMILES string of the molecule is CN(Cc1nccn1C)[C@H]1CCCN(CCCc2ccccc2)C1. The molecule has 0 aliphatic carbocycles. The minimum absolute atomic E-state index is 0.646. The molecule has 1 fully saturated rings. The number of aromatic nitrogens is 2. The van der Waals surface area contributed by atoms with Crippen LogP contribution in [0.25, 0.3) is 0 Å². The highest BCUT2D eigenvalue weighted by Crippen LogP contribution is 2.17. The minimum atomic E-state index is 0.646. The number of likely N-dealkylation sites (tertiary alicyclic amines) is 1. The average molecular weight is 326 g/mol. The van der Waals surface area contributed by atoms with Crippen LogP contribution in [0.3, 0.4) is 0 Å². The molecule has 3 rings (SSSR count). The van der Waals surface area contributed by atoms with Gasteiger partial charge < -0.3 is 9.47 Å². The quantitative estimate of drug-likeness (QED) is 0.782. The zero-order chi connectivity index (χ0) is 16.8. The predicted octanol–water partition coefficient (Wildman–Crippen LogP) is 2.95. The highest BCUT2D eigenvalue weighted by atomic mass is 15.2. The molecule has 1 aliphatic heterocycles. The van der Waals surface area contributed by atoms with Crippen molar-refractivity contribution in [2.45, 2.75) is 38.3 Å². The van der Waals surface area contributed by atoms with E-state index >= 15 is 0 Å². The van der Waals surface area contributed by atoms with Gasteiger partial charge in [-0.1, -0.05) is 30.3 Å². The second-order valence-corrected chi connectivity index (χ2v) is 7.06. The number of hydrogen-bond acceptors (Lipinski definition) is 3. The van der Waals surface area contributed by atoms with Gasteiger partial charge in [-0.15, -0.1) is 0 Å². The van der Waals surface area contributed by atoms with Crippen LogP contribution in [0.1, 0.15) is 30.7 Å². The van der Waals surface area contributed by atoms with Crippen molar-refractivity contribution >= 4 is 0 Å². The van der Waals surface area contributed by atoms with Gasteiger partial charge in [0.15, 0.2) is 0 Å². The lowest BCUT2D eigenvalue weighted by Crippen LogP contribution is -2.46. The second-order valence-electron chi connectivity index (χ2n) is 7.06. The molecule has 0 amide bonds. The molecule has 2 heterocycles. The Bertz CT molecular complexity index is 607. The van der Waals surface area contributed by atoms with E-state index < -0.39 is 0 Å². The molecule has 4 heteroatoms. The Morgan fingerprint density at radius 1 is 1.25 bits per heavy atom. The first-order valence-electron chi connectivity index (χ1n) is 9.15. The van der Waals surface area contributed by atoms with Gasteiger partial charge in [-0.3, -0.25) is 4.90 Å². The Morgan fingerprint density at radius 3 is 2.83 bits per heavy atom. The van der Waals surface area contributed by atoms with Crippen molar-refractivity contribution in [3.63, 3.8) is 0 Å². The fourth-order valence-corrected chi connectivity index (χ4v) is 3.65. The summed E-state index contributed by atoms with van der Waals surface area (Å²) >= 11 is 0. The van der Waals surface area contributed by atoms with E-state index in [0.29, 0.717) is 6.04 Å². The van der Waals surface area contributed by atoms with E-state index in [9.17, 15) is 0 Å². The van der Waals surface area contributed by atoms with E-state index in [2.05, 4.69) is 63.8 Å². The zero-order valence-electron chi connectivity index (χ0n) is 15.1. The second kappa shape index (κ2) is 8.45. The van der Waals surface area contributed by atoms with Crippen molar-refractivity contribution in [1.29, 1.82) is 0 Å². The third-order valence-corrected chi connectivity index (χ3v) is 5.20. The Hall–Kier alpha value is -1.65. The van der Waals surface area contributed by atoms with E-state index in [-0.39, 0.29) is 0 Å². The van der Waals surface area contributed by atoms with Crippen LogP contribution >= 0.6 is 0 Å². The van der Waals surface area contributed by atoms with Gasteiger partial charge in [0.2, 0.25) is 0 Å². The first-order valence-corrected chi connectivity index (χ1v) is 9.15. The monoisotopic (exact) mass is 326 g/mol. The average Bonchev–Trinajstić information content (AvgIpc) is 3.01. The number of piperidine rings is 1. The lowest BCUT2D eigenvalue weighted by Gasteiger charge is -2.37. The van der Waals surface area contributed by atoms with Gasteiger partial charge in [-0.05, 0) is 51.4 Å². The van der Waals surface area contributed by atoms with Crippen LogP contribution in [0, 0.1) is 0 Å². The summed E-state index contributed by atoms with van der Waals surface area (Å²) < 4.78 is 2.12. The van der Waals surface area contributed by atoms with Crippen LogP contribution in [-0.4, -0.2) is 52.1 Å². The van der Waals surface area contributed by atoms with Gasteiger partial charge in [-0.2, -0.15) is 0 Å². The molecule has 1 atom stereocenters. The van der Waals surface area contributed by atoms with Gasteiger partial charge in [-0.25, -0.2) is 4.98 Å². The van der Waals surface area contributed by atoms with Gasteiger partial charge in [0.1, 0.15) is 5.82 Å². The Kier molecular flexibility index (Phi) is 6.05. The van der Waals surface area contributed by atoms with Crippen molar-refractivity contribution in [1.82, 2.24) is 19.4 Å². The summed E-state index contributed by atoms with van der Waals surface area (Å²) in [6.45, 7) is 4.59. The first kappa shape index (κ1) is 17.2. The summed E-state index contributed by atoms with van der Waals surface area (Å²) in [5, 5.41) is 0. The van der Waals surface area contributed by atoms with Gasteiger partial charge in [0.05, 0.1) is 6.54 Å². The van der Waals surface area contributed by atoms with Gasteiger partial charge >= 0.3 is 0 Å². The number of aryl methyl sites for hydroxylation is 2. The molecule has 1 aromatic carbocycles. The zero-order valence-corrected chi connectivity index (χ0v) is 15.1. The third kappa shape index (κ3) is 4.68. The number of benzene rings is 1. The van der Waals surface area contributed by atoms with E-state index in [4.69, 9.17) is 0 Å². The summed E-state index contributed by atoms with van der Waals surface area (Å²) in [5.74, 6) is 1.15. The van der Waals surface area contributed by atoms with Crippen LogP contribution in [-0.2, 0) is 20.0 Å². The van der Waals surface area contributed by atoms with Crippen LogP contribution < -0.4 is 0 Å². The fourth-order valence-electron chi connectivity index (χ4n) is 3.65. The number of likely N-dealkylation sites (N-methyl/N-ethyl adjacent to an activating group) is 1. The normalized spacial score (nSPS) is 19.0. The van der Waals surface area contributed by atoms with E-state index in [1.54, 1.807) is 0 Å². The molecule has 130 valence electrons. The van der Waals surface area contributed by atoms with Crippen LogP contribution in [0.2, 0.25) is 0 Å². The summed E-state index contributed by atoms with van der Waals surface area (Å²) in [5.41, 5.74) is 1.46. The summed E-state index contributed by atoms with van der Waals surface area (Å²) in [7, 11) is 4.32. The molecular weight excluding hydrogens is 296 g/mol. The number of hydrogen-bond donors (Lipinski definition) is 0.